The number of likely N-dealkylation sites (tertiary alicyclic amines) is 1. The number of piperidine rings is 1. The second-order valence-electron chi connectivity index (χ2n) is 6.88. The highest BCUT2D eigenvalue weighted by Crippen LogP contribution is 2.15. The van der Waals surface area contributed by atoms with Gasteiger partial charge in [-0.05, 0) is 52.6 Å². The lowest BCUT2D eigenvalue weighted by Gasteiger charge is -2.29. The van der Waals surface area contributed by atoms with E-state index in [-0.39, 0.29) is 0 Å². The molecule has 1 aliphatic rings. The molecule has 4 heteroatoms. The van der Waals surface area contributed by atoms with Crippen molar-refractivity contribution in [2.24, 2.45) is 10.9 Å². The summed E-state index contributed by atoms with van der Waals surface area (Å²) in [4.78, 5) is 7.25. The van der Waals surface area contributed by atoms with E-state index in [0.717, 1.165) is 19.0 Å². The number of aliphatic imine (C=N–C) groups is 1. The maximum Gasteiger partial charge on any atom is 0.191 e. The fraction of sp³-hybridized carbons (Fsp3) is 0.944. The molecule has 0 aliphatic carbocycles. The predicted molar refractivity (Wildman–Crippen MR) is 97.6 cm³/mol. The Morgan fingerprint density at radius 3 is 2.77 bits per heavy atom. The Morgan fingerprint density at radius 2 is 2.09 bits per heavy atom. The largest absolute Gasteiger partial charge is 0.357 e. The molecule has 0 radical (unpaired) electrons. The van der Waals surface area contributed by atoms with Crippen molar-refractivity contribution in [2.45, 2.75) is 71.8 Å². The first kappa shape index (κ1) is 19.3. The van der Waals surface area contributed by atoms with Crippen LogP contribution in [0.25, 0.3) is 0 Å². The number of rotatable bonds is 9. The second kappa shape index (κ2) is 11.8. The summed E-state index contributed by atoms with van der Waals surface area (Å²) in [6.07, 6.45) is 9.20. The van der Waals surface area contributed by atoms with Crippen LogP contribution in [0.15, 0.2) is 4.99 Å². The van der Waals surface area contributed by atoms with E-state index in [2.05, 4.69) is 43.4 Å². The number of nitrogens with one attached hydrogen (secondary N) is 2. The Bertz CT molecular complexity index is 303. The zero-order chi connectivity index (χ0) is 16.2. The first-order valence-corrected chi connectivity index (χ1v) is 9.39. The SMILES string of the molecule is CCCCCCC(C)NC(=NCC1CCCN(C)C1)NCC. The second-order valence-corrected chi connectivity index (χ2v) is 6.88. The number of hydrogen-bond donors (Lipinski definition) is 2. The summed E-state index contributed by atoms with van der Waals surface area (Å²) in [5.41, 5.74) is 0. The third kappa shape index (κ3) is 8.62. The lowest BCUT2D eigenvalue weighted by atomic mass is 9.99. The van der Waals surface area contributed by atoms with Gasteiger partial charge in [0.2, 0.25) is 0 Å². The Hall–Kier alpha value is -0.770. The highest BCUT2D eigenvalue weighted by Gasteiger charge is 2.16. The van der Waals surface area contributed by atoms with E-state index in [1.165, 1.54) is 58.0 Å². The van der Waals surface area contributed by atoms with Gasteiger partial charge in [-0.1, -0.05) is 32.6 Å². The highest BCUT2D eigenvalue weighted by molar-refractivity contribution is 5.80. The minimum absolute atomic E-state index is 0.503. The van der Waals surface area contributed by atoms with E-state index >= 15 is 0 Å². The minimum Gasteiger partial charge on any atom is -0.357 e. The summed E-state index contributed by atoms with van der Waals surface area (Å²) in [5, 5.41) is 6.96. The molecule has 2 atom stereocenters. The van der Waals surface area contributed by atoms with Crippen LogP contribution < -0.4 is 10.6 Å². The molecule has 130 valence electrons. The van der Waals surface area contributed by atoms with Crippen LogP contribution >= 0.6 is 0 Å². The van der Waals surface area contributed by atoms with Crippen molar-refractivity contribution >= 4 is 5.96 Å². The summed E-state index contributed by atoms with van der Waals surface area (Å²) < 4.78 is 0. The summed E-state index contributed by atoms with van der Waals surface area (Å²) in [5.74, 6) is 1.72. The molecule has 4 nitrogen and oxygen atoms in total. The van der Waals surface area contributed by atoms with Gasteiger partial charge < -0.3 is 15.5 Å². The van der Waals surface area contributed by atoms with Crippen LogP contribution in [0.1, 0.15) is 65.7 Å². The molecule has 2 unspecified atom stereocenters. The standard InChI is InChI=1S/C18H38N4/c1-5-7-8-9-11-16(3)21-18(19-6-2)20-14-17-12-10-13-22(4)15-17/h16-17H,5-15H2,1-4H3,(H2,19,20,21). The molecule has 0 amide bonds. The maximum absolute atomic E-state index is 4.82. The smallest absolute Gasteiger partial charge is 0.191 e. The predicted octanol–water partition coefficient (Wildman–Crippen LogP) is 3.24. The summed E-state index contributed by atoms with van der Waals surface area (Å²) in [7, 11) is 2.22. The lowest BCUT2D eigenvalue weighted by Crippen LogP contribution is -2.43. The average molecular weight is 311 g/mol. The van der Waals surface area contributed by atoms with Gasteiger partial charge in [0.1, 0.15) is 0 Å². The topological polar surface area (TPSA) is 39.7 Å². The van der Waals surface area contributed by atoms with Crippen LogP contribution in [0.3, 0.4) is 0 Å². The van der Waals surface area contributed by atoms with Crippen LogP contribution in [0.2, 0.25) is 0 Å². The van der Waals surface area contributed by atoms with Crippen LogP contribution in [-0.2, 0) is 0 Å². The number of nitrogens with zero attached hydrogens (tertiary/aromatic N) is 2. The first-order chi connectivity index (χ1) is 10.7. The highest BCUT2D eigenvalue weighted by atomic mass is 15.2. The number of hydrogen-bond acceptors (Lipinski definition) is 2. The van der Waals surface area contributed by atoms with Crippen molar-refractivity contribution in [1.82, 2.24) is 15.5 Å². The van der Waals surface area contributed by atoms with Crippen LogP contribution in [0, 0.1) is 5.92 Å². The monoisotopic (exact) mass is 310 g/mol. The van der Waals surface area contributed by atoms with Gasteiger partial charge in [0, 0.05) is 25.7 Å². The van der Waals surface area contributed by atoms with Crippen LogP contribution in [-0.4, -0.2) is 50.1 Å². The Labute approximate surface area is 138 Å². The van der Waals surface area contributed by atoms with Gasteiger partial charge in [0.05, 0.1) is 0 Å². The fourth-order valence-corrected chi connectivity index (χ4v) is 3.15. The zero-order valence-electron chi connectivity index (χ0n) is 15.3. The van der Waals surface area contributed by atoms with Gasteiger partial charge in [0.25, 0.3) is 0 Å². The molecular formula is C18H38N4. The van der Waals surface area contributed by atoms with E-state index in [1.54, 1.807) is 0 Å². The fourth-order valence-electron chi connectivity index (χ4n) is 3.15. The van der Waals surface area contributed by atoms with Gasteiger partial charge in [-0.3, -0.25) is 4.99 Å². The summed E-state index contributed by atoms with van der Waals surface area (Å²) in [6.45, 7) is 11.0. The summed E-state index contributed by atoms with van der Waals surface area (Å²) >= 11 is 0. The van der Waals surface area contributed by atoms with Gasteiger partial charge in [-0.15, -0.1) is 0 Å². The molecule has 0 aromatic carbocycles. The van der Waals surface area contributed by atoms with E-state index in [0.29, 0.717) is 12.0 Å². The van der Waals surface area contributed by atoms with Gasteiger partial charge in [-0.25, -0.2) is 0 Å². The Balaban J connectivity index is 2.34. The van der Waals surface area contributed by atoms with Crippen LogP contribution in [0.5, 0.6) is 0 Å². The van der Waals surface area contributed by atoms with Crippen molar-refractivity contribution in [2.75, 3.05) is 33.2 Å². The molecule has 22 heavy (non-hydrogen) atoms. The van der Waals surface area contributed by atoms with E-state index in [4.69, 9.17) is 4.99 Å². The molecule has 0 bridgehead atoms. The number of guanidine groups is 1. The lowest BCUT2D eigenvalue weighted by molar-refractivity contribution is 0.214. The molecule has 0 saturated carbocycles. The van der Waals surface area contributed by atoms with Crippen molar-refractivity contribution in [3.05, 3.63) is 0 Å². The third-order valence-corrected chi connectivity index (χ3v) is 4.45. The molecule has 1 aliphatic heterocycles. The third-order valence-electron chi connectivity index (χ3n) is 4.45. The zero-order valence-corrected chi connectivity index (χ0v) is 15.3. The van der Waals surface area contributed by atoms with E-state index in [1.807, 2.05) is 0 Å². The molecule has 1 saturated heterocycles. The van der Waals surface area contributed by atoms with Crippen molar-refractivity contribution < 1.29 is 0 Å². The molecule has 2 N–H and O–H groups in total. The average Bonchev–Trinajstić information content (AvgIpc) is 2.49. The molecule has 1 fully saturated rings. The molecule has 0 spiro atoms. The first-order valence-electron chi connectivity index (χ1n) is 9.39. The molecule has 1 heterocycles. The van der Waals surface area contributed by atoms with E-state index < -0.39 is 0 Å². The molecular weight excluding hydrogens is 272 g/mol. The van der Waals surface area contributed by atoms with Crippen molar-refractivity contribution in [3.8, 4) is 0 Å². The molecule has 1 rings (SSSR count). The van der Waals surface area contributed by atoms with Gasteiger partial charge >= 0.3 is 0 Å². The van der Waals surface area contributed by atoms with Gasteiger partial charge in [-0.2, -0.15) is 0 Å². The summed E-state index contributed by atoms with van der Waals surface area (Å²) in [6, 6.07) is 0.503. The minimum atomic E-state index is 0.503. The van der Waals surface area contributed by atoms with Crippen molar-refractivity contribution in [3.63, 3.8) is 0 Å². The van der Waals surface area contributed by atoms with Gasteiger partial charge in [0.15, 0.2) is 5.96 Å². The molecule has 0 aromatic rings. The van der Waals surface area contributed by atoms with Crippen LogP contribution in [0.4, 0.5) is 0 Å². The Kier molecular flexibility index (Phi) is 10.3. The molecule has 0 aromatic heterocycles. The normalized spacial score (nSPS) is 21.6. The van der Waals surface area contributed by atoms with Crippen molar-refractivity contribution in [1.29, 1.82) is 0 Å². The van der Waals surface area contributed by atoms with E-state index in [9.17, 15) is 0 Å². The quantitative estimate of drug-likeness (QED) is 0.390. The Morgan fingerprint density at radius 1 is 1.27 bits per heavy atom. The number of unbranched alkanes of at least 4 members (excludes halogenated alkanes) is 3. The maximum atomic E-state index is 4.82.